The second-order valence-corrected chi connectivity index (χ2v) is 9.89. The molecule has 2 N–H and O–H groups in total. The van der Waals surface area contributed by atoms with Gasteiger partial charge in [-0.05, 0) is 32.9 Å². The number of carbonyl (C=O) groups excluding carboxylic acids is 3. The smallest absolute Gasteiger partial charge is 0.231 e. The molecule has 8 nitrogen and oxygen atoms in total. The number of nitrogens with one attached hydrogen (secondary N) is 2. The quantitative estimate of drug-likeness (QED) is 0.536. The van der Waals surface area contributed by atoms with Gasteiger partial charge in [0.15, 0.2) is 4.34 Å². The summed E-state index contributed by atoms with van der Waals surface area (Å²) in [5, 5.41) is 13.9. The maximum Gasteiger partial charge on any atom is 0.231 e. The topological polar surface area (TPSA) is 104 Å². The third-order valence-corrected chi connectivity index (χ3v) is 6.01. The zero-order valence-corrected chi connectivity index (χ0v) is 18.1. The van der Waals surface area contributed by atoms with Gasteiger partial charge in [-0.25, -0.2) is 0 Å². The van der Waals surface area contributed by atoms with Crippen molar-refractivity contribution in [2.45, 2.75) is 37.1 Å². The highest BCUT2D eigenvalue weighted by Gasteiger charge is 2.35. The molecule has 3 amide bonds. The van der Waals surface area contributed by atoms with E-state index < -0.39 is 5.92 Å². The van der Waals surface area contributed by atoms with Crippen molar-refractivity contribution in [2.24, 2.45) is 5.92 Å². The van der Waals surface area contributed by atoms with E-state index in [1.54, 1.807) is 4.90 Å². The first-order chi connectivity index (χ1) is 13.7. The summed E-state index contributed by atoms with van der Waals surface area (Å²) < 4.78 is 0.595. The fraction of sp³-hybridized carbons (Fsp3) is 0.421. The minimum absolute atomic E-state index is 0.0743. The summed E-state index contributed by atoms with van der Waals surface area (Å²) in [6, 6.07) is 9.30. The number of anilines is 2. The van der Waals surface area contributed by atoms with Crippen molar-refractivity contribution in [3.05, 3.63) is 30.3 Å². The van der Waals surface area contributed by atoms with E-state index in [-0.39, 0.29) is 35.4 Å². The Morgan fingerprint density at radius 1 is 1.24 bits per heavy atom. The minimum atomic E-state index is -0.444. The van der Waals surface area contributed by atoms with Gasteiger partial charge in [-0.15, -0.1) is 10.2 Å². The van der Waals surface area contributed by atoms with E-state index in [0.717, 1.165) is 5.69 Å². The third kappa shape index (κ3) is 6.01. The molecule has 0 radical (unpaired) electrons. The van der Waals surface area contributed by atoms with Crippen LogP contribution in [0.1, 0.15) is 27.2 Å². The largest absolute Gasteiger partial charge is 0.351 e. The third-order valence-electron chi connectivity index (χ3n) is 4.04. The molecule has 10 heteroatoms. The molecule has 1 unspecified atom stereocenters. The van der Waals surface area contributed by atoms with Crippen LogP contribution in [-0.4, -0.2) is 45.8 Å². The van der Waals surface area contributed by atoms with Crippen LogP contribution in [0.4, 0.5) is 10.8 Å². The predicted molar refractivity (Wildman–Crippen MR) is 114 cm³/mol. The Morgan fingerprint density at radius 3 is 2.66 bits per heavy atom. The van der Waals surface area contributed by atoms with Crippen LogP contribution < -0.4 is 15.5 Å². The van der Waals surface area contributed by atoms with Gasteiger partial charge in [0.2, 0.25) is 22.9 Å². The van der Waals surface area contributed by atoms with Crippen LogP contribution in [0.2, 0.25) is 0 Å². The van der Waals surface area contributed by atoms with Crippen molar-refractivity contribution < 1.29 is 14.4 Å². The van der Waals surface area contributed by atoms with Gasteiger partial charge >= 0.3 is 0 Å². The molecule has 2 aromatic rings. The van der Waals surface area contributed by atoms with Crippen molar-refractivity contribution in [1.82, 2.24) is 15.5 Å². The predicted octanol–water partition coefficient (Wildman–Crippen LogP) is 2.54. The van der Waals surface area contributed by atoms with Gasteiger partial charge in [0.25, 0.3) is 0 Å². The molecule has 0 spiro atoms. The molecule has 1 saturated heterocycles. The zero-order valence-electron chi connectivity index (χ0n) is 16.5. The van der Waals surface area contributed by atoms with Crippen molar-refractivity contribution in [2.75, 3.05) is 22.5 Å². The lowest BCUT2D eigenvalue weighted by Gasteiger charge is -2.19. The number of carbonyl (C=O) groups is 3. The number of amides is 3. The average Bonchev–Trinajstić information content (AvgIpc) is 3.26. The van der Waals surface area contributed by atoms with Crippen LogP contribution in [0.25, 0.3) is 0 Å². The van der Waals surface area contributed by atoms with E-state index in [1.807, 2.05) is 51.1 Å². The molecule has 1 aromatic carbocycles. The van der Waals surface area contributed by atoms with Gasteiger partial charge in [0.05, 0.1) is 11.7 Å². The molecule has 1 atom stereocenters. The van der Waals surface area contributed by atoms with Crippen molar-refractivity contribution in [1.29, 1.82) is 0 Å². The lowest BCUT2D eigenvalue weighted by Crippen LogP contribution is -2.41. The molecule has 1 aliphatic heterocycles. The van der Waals surface area contributed by atoms with Crippen LogP contribution in [0, 0.1) is 5.92 Å². The van der Waals surface area contributed by atoms with E-state index in [0.29, 0.717) is 16.0 Å². The summed E-state index contributed by atoms with van der Waals surface area (Å²) in [6.07, 6.45) is 0.161. The second kappa shape index (κ2) is 8.91. The van der Waals surface area contributed by atoms with Gasteiger partial charge in [-0.1, -0.05) is 41.3 Å². The number of hydrogen-bond acceptors (Lipinski definition) is 7. The number of rotatable bonds is 6. The van der Waals surface area contributed by atoms with E-state index in [1.165, 1.54) is 23.1 Å². The minimum Gasteiger partial charge on any atom is -0.351 e. The number of nitrogens with zero attached hydrogens (tertiary/aromatic N) is 3. The lowest BCUT2D eigenvalue weighted by atomic mass is 10.1. The monoisotopic (exact) mass is 433 g/mol. The SMILES string of the molecule is CC(C)(C)NC(=O)CSc1nnc(NC(=O)C2CC(=O)N(c3ccccc3)C2)s1. The van der Waals surface area contributed by atoms with Gasteiger partial charge < -0.3 is 15.5 Å². The van der Waals surface area contributed by atoms with E-state index in [2.05, 4.69) is 20.8 Å². The Hall–Kier alpha value is -2.46. The molecule has 154 valence electrons. The van der Waals surface area contributed by atoms with Crippen LogP contribution in [0.15, 0.2) is 34.7 Å². The molecular formula is C19H23N5O3S2. The first-order valence-electron chi connectivity index (χ1n) is 9.15. The van der Waals surface area contributed by atoms with Crippen LogP contribution in [0.5, 0.6) is 0 Å². The van der Waals surface area contributed by atoms with Crippen LogP contribution >= 0.6 is 23.1 Å². The highest BCUT2D eigenvalue weighted by molar-refractivity contribution is 8.01. The van der Waals surface area contributed by atoms with Gasteiger partial charge in [0.1, 0.15) is 0 Å². The van der Waals surface area contributed by atoms with Gasteiger partial charge in [-0.3, -0.25) is 14.4 Å². The molecular weight excluding hydrogens is 410 g/mol. The summed E-state index contributed by atoms with van der Waals surface area (Å²) in [4.78, 5) is 38.3. The fourth-order valence-corrected chi connectivity index (χ4v) is 4.40. The number of hydrogen-bond donors (Lipinski definition) is 2. The summed E-state index contributed by atoms with van der Waals surface area (Å²) in [7, 11) is 0. The summed E-state index contributed by atoms with van der Waals surface area (Å²) in [6.45, 7) is 6.09. The van der Waals surface area contributed by atoms with Crippen molar-refractivity contribution in [3.8, 4) is 0 Å². The Bertz CT molecular complexity index is 895. The lowest BCUT2D eigenvalue weighted by molar-refractivity contribution is -0.122. The standard InChI is InChI=1S/C19H23N5O3S2/c1-19(2,3)21-14(25)11-28-18-23-22-17(29-18)20-16(27)12-9-15(26)24(10-12)13-7-5-4-6-8-13/h4-8,12H,9-11H2,1-3H3,(H,21,25)(H,20,22,27). The highest BCUT2D eigenvalue weighted by atomic mass is 32.2. The second-order valence-electron chi connectivity index (χ2n) is 7.69. The van der Waals surface area contributed by atoms with E-state index in [4.69, 9.17) is 0 Å². The molecule has 0 aliphatic carbocycles. The number of thioether (sulfide) groups is 1. The fourth-order valence-electron chi connectivity index (χ4n) is 2.85. The van der Waals surface area contributed by atoms with Crippen molar-refractivity contribution in [3.63, 3.8) is 0 Å². The molecule has 2 heterocycles. The molecule has 0 saturated carbocycles. The Labute approximate surface area is 177 Å². The molecule has 1 aromatic heterocycles. The van der Waals surface area contributed by atoms with E-state index >= 15 is 0 Å². The zero-order chi connectivity index (χ0) is 21.0. The molecule has 29 heavy (non-hydrogen) atoms. The number of benzene rings is 1. The van der Waals surface area contributed by atoms with Gasteiger partial charge in [-0.2, -0.15) is 0 Å². The van der Waals surface area contributed by atoms with Gasteiger partial charge in [0, 0.05) is 24.2 Å². The first kappa shape index (κ1) is 21.3. The summed E-state index contributed by atoms with van der Waals surface area (Å²) in [5.74, 6) is -0.637. The summed E-state index contributed by atoms with van der Waals surface area (Å²) in [5.41, 5.74) is 0.500. The Balaban J connectivity index is 1.51. The molecule has 3 rings (SSSR count). The maximum atomic E-state index is 12.5. The Kier molecular flexibility index (Phi) is 6.53. The Morgan fingerprint density at radius 2 is 1.97 bits per heavy atom. The van der Waals surface area contributed by atoms with Crippen LogP contribution in [0.3, 0.4) is 0 Å². The number of aromatic nitrogens is 2. The summed E-state index contributed by atoms with van der Waals surface area (Å²) >= 11 is 2.47. The number of para-hydroxylation sites is 1. The van der Waals surface area contributed by atoms with E-state index in [9.17, 15) is 14.4 Å². The highest BCUT2D eigenvalue weighted by Crippen LogP contribution is 2.28. The molecule has 1 fully saturated rings. The van der Waals surface area contributed by atoms with Crippen LogP contribution in [-0.2, 0) is 14.4 Å². The molecule has 1 aliphatic rings. The molecule has 0 bridgehead atoms. The maximum absolute atomic E-state index is 12.5. The first-order valence-corrected chi connectivity index (χ1v) is 10.9. The average molecular weight is 434 g/mol. The van der Waals surface area contributed by atoms with Crippen molar-refractivity contribution >= 4 is 51.6 Å². The normalized spacial score (nSPS) is 16.7.